The van der Waals surface area contributed by atoms with Crippen LogP contribution < -0.4 is 0 Å². The van der Waals surface area contributed by atoms with Gasteiger partial charge in [0.2, 0.25) is 0 Å². The van der Waals surface area contributed by atoms with E-state index in [4.69, 9.17) is 0 Å². The van der Waals surface area contributed by atoms with Crippen LogP contribution in [0.4, 0.5) is 0 Å². The lowest BCUT2D eigenvalue weighted by atomic mass is 9.41. The van der Waals surface area contributed by atoms with Crippen LogP contribution in [0.15, 0.2) is 0 Å². The SMILES string of the molecule is CCC1C(O)C2C(CC[C@]3(C)C(C(C)CCCO)CCC23)[C@@]2(C)CCC(O)CC12. The van der Waals surface area contributed by atoms with Crippen molar-refractivity contribution in [1.82, 2.24) is 0 Å². The molecule has 168 valence electrons. The van der Waals surface area contributed by atoms with Crippen LogP contribution in [0, 0.1) is 52.3 Å². The van der Waals surface area contributed by atoms with Gasteiger partial charge in [-0.15, -0.1) is 0 Å². The predicted molar refractivity (Wildman–Crippen MR) is 117 cm³/mol. The first-order chi connectivity index (χ1) is 13.8. The maximum Gasteiger partial charge on any atom is 0.0605 e. The Hall–Kier alpha value is -0.120. The van der Waals surface area contributed by atoms with E-state index in [9.17, 15) is 15.3 Å². The van der Waals surface area contributed by atoms with Gasteiger partial charge >= 0.3 is 0 Å². The number of aliphatic hydroxyl groups excluding tert-OH is 3. The molecule has 0 bridgehead atoms. The van der Waals surface area contributed by atoms with Gasteiger partial charge in [0.1, 0.15) is 0 Å². The second-order valence-electron chi connectivity index (χ2n) is 12.0. The van der Waals surface area contributed by atoms with Crippen molar-refractivity contribution in [2.24, 2.45) is 52.3 Å². The Morgan fingerprint density at radius 3 is 2.31 bits per heavy atom. The standard InChI is InChI=1S/C26H46O3/c1-5-18-22-15-17(28)10-12-26(22,4)21-11-13-25(3)19(16(2)7-6-14-27)8-9-20(25)23(21)24(18)29/h16-24,27-29H,5-15H2,1-4H3/t16?,17?,18?,19?,20?,21?,22?,23?,24?,25-,26-/m1/s1. The molecule has 0 aliphatic heterocycles. The molecule has 4 saturated carbocycles. The third-order valence-corrected chi connectivity index (χ3v) is 11.0. The maximum atomic E-state index is 11.7. The number of rotatable bonds is 5. The molecule has 4 rings (SSSR count). The van der Waals surface area contributed by atoms with Crippen molar-refractivity contribution in [3.8, 4) is 0 Å². The fourth-order valence-electron chi connectivity index (χ4n) is 9.55. The van der Waals surface area contributed by atoms with Gasteiger partial charge in [-0.1, -0.05) is 34.1 Å². The van der Waals surface area contributed by atoms with E-state index in [2.05, 4.69) is 27.7 Å². The van der Waals surface area contributed by atoms with Crippen molar-refractivity contribution in [2.75, 3.05) is 6.61 Å². The Kier molecular flexibility index (Phi) is 6.17. The Labute approximate surface area is 178 Å². The van der Waals surface area contributed by atoms with E-state index < -0.39 is 0 Å². The van der Waals surface area contributed by atoms with Crippen LogP contribution in [0.5, 0.6) is 0 Å². The van der Waals surface area contributed by atoms with Gasteiger partial charge in [-0.3, -0.25) is 0 Å². The molecule has 0 spiro atoms. The minimum absolute atomic E-state index is 0.164. The first-order valence-corrected chi connectivity index (χ1v) is 12.7. The van der Waals surface area contributed by atoms with E-state index in [1.54, 1.807) is 0 Å². The Bertz CT molecular complexity index is 578. The van der Waals surface area contributed by atoms with Crippen LogP contribution in [-0.4, -0.2) is 34.1 Å². The molecule has 29 heavy (non-hydrogen) atoms. The topological polar surface area (TPSA) is 60.7 Å². The molecular formula is C26H46O3. The Morgan fingerprint density at radius 1 is 0.931 bits per heavy atom. The highest BCUT2D eigenvalue weighted by Crippen LogP contribution is 2.69. The summed E-state index contributed by atoms with van der Waals surface area (Å²) in [6, 6.07) is 0. The van der Waals surface area contributed by atoms with E-state index in [1.807, 2.05) is 0 Å². The van der Waals surface area contributed by atoms with Crippen molar-refractivity contribution >= 4 is 0 Å². The monoisotopic (exact) mass is 406 g/mol. The van der Waals surface area contributed by atoms with Gasteiger partial charge in [0, 0.05) is 6.61 Å². The van der Waals surface area contributed by atoms with E-state index in [1.165, 1.54) is 25.7 Å². The second-order valence-corrected chi connectivity index (χ2v) is 12.0. The summed E-state index contributed by atoms with van der Waals surface area (Å²) in [7, 11) is 0. The molecule has 4 fully saturated rings. The highest BCUT2D eigenvalue weighted by atomic mass is 16.3. The van der Waals surface area contributed by atoms with Crippen molar-refractivity contribution < 1.29 is 15.3 Å². The lowest BCUT2D eigenvalue weighted by molar-refractivity contribution is -0.203. The summed E-state index contributed by atoms with van der Waals surface area (Å²) in [5, 5.41) is 31.4. The predicted octanol–water partition coefficient (Wildman–Crippen LogP) is 5.02. The fraction of sp³-hybridized carbons (Fsp3) is 1.00. The number of hydrogen-bond donors (Lipinski definition) is 3. The quantitative estimate of drug-likeness (QED) is 0.601. The van der Waals surface area contributed by atoms with Gasteiger partial charge in [0.05, 0.1) is 12.2 Å². The third-order valence-electron chi connectivity index (χ3n) is 11.0. The molecule has 3 N–H and O–H groups in total. The second kappa shape index (κ2) is 8.10. The number of aliphatic hydroxyl groups is 3. The number of fused-ring (bicyclic) bond motifs is 5. The zero-order valence-corrected chi connectivity index (χ0v) is 19.3. The molecule has 0 radical (unpaired) electrons. The van der Waals surface area contributed by atoms with Crippen molar-refractivity contribution in [3.05, 3.63) is 0 Å². The van der Waals surface area contributed by atoms with Gasteiger partial charge in [0.15, 0.2) is 0 Å². The fourth-order valence-corrected chi connectivity index (χ4v) is 9.55. The summed E-state index contributed by atoms with van der Waals surface area (Å²) < 4.78 is 0. The molecule has 0 heterocycles. The average Bonchev–Trinajstić information content (AvgIpc) is 3.05. The molecule has 3 nitrogen and oxygen atoms in total. The van der Waals surface area contributed by atoms with Crippen molar-refractivity contribution in [2.45, 2.75) is 104 Å². The highest BCUT2D eigenvalue weighted by Gasteiger charge is 2.64. The molecule has 0 amide bonds. The summed E-state index contributed by atoms with van der Waals surface area (Å²) in [6.07, 6.45) is 10.9. The molecule has 0 aromatic rings. The lowest BCUT2D eigenvalue weighted by Gasteiger charge is -2.64. The number of hydrogen-bond acceptors (Lipinski definition) is 3. The minimum atomic E-state index is -0.190. The van der Waals surface area contributed by atoms with Crippen LogP contribution >= 0.6 is 0 Å². The van der Waals surface area contributed by atoms with E-state index in [-0.39, 0.29) is 12.2 Å². The first kappa shape index (κ1) is 22.1. The van der Waals surface area contributed by atoms with Crippen LogP contribution in [0.2, 0.25) is 0 Å². The van der Waals surface area contributed by atoms with Crippen molar-refractivity contribution in [3.63, 3.8) is 0 Å². The normalized spacial score (nSPS) is 53.1. The zero-order chi connectivity index (χ0) is 21.0. The van der Waals surface area contributed by atoms with Gasteiger partial charge in [-0.2, -0.15) is 0 Å². The summed E-state index contributed by atoms with van der Waals surface area (Å²) >= 11 is 0. The molecule has 4 aliphatic carbocycles. The molecule has 3 heteroatoms. The van der Waals surface area contributed by atoms with Gasteiger partial charge in [-0.25, -0.2) is 0 Å². The van der Waals surface area contributed by atoms with E-state index in [0.717, 1.165) is 44.4 Å². The first-order valence-electron chi connectivity index (χ1n) is 12.7. The van der Waals surface area contributed by atoms with Crippen LogP contribution in [0.1, 0.15) is 91.9 Å². The largest absolute Gasteiger partial charge is 0.396 e. The van der Waals surface area contributed by atoms with Gasteiger partial charge < -0.3 is 15.3 Å². The Morgan fingerprint density at radius 2 is 1.62 bits per heavy atom. The molecule has 4 aliphatic rings. The molecule has 0 aromatic carbocycles. The van der Waals surface area contributed by atoms with E-state index in [0.29, 0.717) is 52.9 Å². The van der Waals surface area contributed by atoms with E-state index >= 15 is 0 Å². The average molecular weight is 407 g/mol. The highest BCUT2D eigenvalue weighted by molar-refractivity contribution is 5.13. The van der Waals surface area contributed by atoms with Crippen LogP contribution in [-0.2, 0) is 0 Å². The Balaban J connectivity index is 1.63. The summed E-state index contributed by atoms with van der Waals surface area (Å²) in [5.41, 5.74) is 0.651. The molecule has 9 unspecified atom stereocenters. The minimum Gasteiger partial charge on any atom is -0.396 e. The molecule has 0 saturated heterocycles. The lowest BCUT2D eigenvalue weighted by Crippen LogP contribution is -2.62. The van der Waals surface area contributed by atoms with Gasteiger partial charge in [-0.05, 0) is 110 Å². The maximum absolute atomic E-state index is 11.7. The van der Waals surface area contributed by atoms with Crippen LogP contribution in [0.3, 0.4) is 0 Å². The van der Waals surface area contributed by atoms with Crippen molar-refractivity contribution in [1.29, 1.82) is 0 Å². The summed E-state index contributed by atoms with van der Waals surface area (Å²) in [6.45, 7) is 10.0. The van der Waals surface area contributed by atoms with Crippen LogP contribution in [0.25, 0.3) is 0 Å². The third kappa shape index (κ3) is 3.33. The summed E-state index contributed by atoms with van der Waals surface area (Å²) in [4.78, 5) is 0. The molecule has 11 atom stereocenters. The molecular weight excluding hydrogens is 360 g/mol. The van der Waals surface area contributed by atoms with Gasteiger partial charge in [0.25, 0.3) is 0 Å². The zero-order valence-electron chi connectivity index (χ0n) is 19.3. The smallest absolute Gasteiger partial charge is 0.0605 e. The molecule has 0 aromatic heterocycles. The summed E-state index contributed by atoms with van der Waals surface area (Å²) in [5.74, 6) is 3.97.